The van der Waals surface area contributed by atoms with E-state index < -0.39 is 5.54 Å². The Labute approximate surface area is 121 Å². The third-order valence-corrected chi connectivity index (χ3v) is 3.70. The molecule has 114 valence electrons. The summed E-state index contributed by atoms with van der Waals surface area (Å²) in [5.74, 6) is -0.223. The highest BCUT2D eigenvalue weighted by Crippen LogP contribution is 2.16. The first-order valence-electron chi connectivity index (χ1n) is 7.28. The number of carbonyl (C=O) groups excluding carboxylic acids is 1. The summed E-state index contributed by atoms with van der Waals surface area (Å²) in [6, 6.07) is 0. The molecule has 0 aliphatic rings. The maximum Gasteiger partial charge on any atom is 0.327 e. The smallest absolute Gasteiger partial charge is 0.327 e. The zero-order chi connectivity index (χ0) is 15.3. The molecule has 1 N–H and O–H groups in total. The van der Waals surface area contributed by atoms with Crippen LogP contribution in [0.25, 0.3) is 0 Å². The van der Waals surface area contributed by atoms with Gasteiger partial charge in [-0.25, -0.2) is 4.79 Å². The van der Waals surface area contributed by atoms with Gasteiger partial charge in [0, 0.05) is 5.69 Å². The van der Waals surface area contributed by atoms with Crippen molar-refractivity contribution in [2.45, 2.75) is 60.0 Å². The molecule has 0 spiro atoms. The lowest BCUT2D eigenvalue weighted by atomic mass is 10.0. The molecule has 0 aliphatic heterocycles. The molecule has 0 bridgehead atoms. The molecule has 0 radical (unpaired) electrons. The van der Waals surface area contributed by atoms with Crippen LogP contribution in [0, 0.1) is 20.8 Å². The van der Waals surface area contributed by atoms with E-state index in [1.807, 2.05) is 32.4 Å². The number of aromatic nitrogens is 2. The van der Waals surface area contributed by atoms with E-state index in [1.165, 1.54) is 5.56 Å². The van der Waals surface area contributed by atoms with E-state index in [0.29, 0.717) is 13.2 Å². The molecule has 1 heterocycles. The number of nitrogens with one attached hydrogen (secondary N) is 1. The van der Waals surface area contributed by atoms with Gasteiger partial charge >= 0.3 is 5.97 Å². The van der Waals surface area contributed by atoms with Crippen molar-refractivity contribution in [1.82, 2.24) is 15.1 Å². The molecule has 0 amide bonds. The predicted octanol–water partition coefficient (Wildman–Crippen LogP) is 2.13. The minimum Gasteiger partial charge on any atom is -0.465 e. The van der Waals surface area contributed by atoms with Crippen molar-refractivity contribution < 1.29 is 9.53 Å². The van der Waals surface area contributed by atoms with Gasteiger partial charge in [-0.05, 0) is 53.1 Å². The molecule has 0 aliphatic carbocycles. The number of aryl methyl sites for hydroxylation is 1. The first kappa shape index (κ1) is 16.7. The summed E-state index contributed by atoms with van der Waals surface area (Å²) in [6.45, 7) is 13.5. The van der Waals surface area contributed by atoms with E-state index in [-0.39, 0.29) is 5.97 Å². The second-order valence-corrected chi connectivity index (χ2v) is 5.43. The Morgan fingerprint density at radius 2 is 2.00 bits per heavy atom. The molecule has 0 saturated heterocycles. The lowest BCUT2D eigenvalue weighted by Crippen LogP contribution is -2.54. The van der Waals surface area contributed by atoms with Crippen LogP contribution in [0.1, 0.15) is 44.1 Å². The summed E-state index contributed by atoms with van der Waals surface area (Å²) in [5.41, 5.74) is 2.52. The van der Waals surface area contributed by atoms with Crippen molar-refractivity contribution in [2.75, 3.05) is 13.2 Å². The maximum absolute atomic E-state index is 12.3. The molecule has 5 nitrogen and oxygen atoms in total. The Morgan fingerprint density at radius 3 is 2.45 bits per heavy atom. The highest BCUT2D eigenvalue weighted by atomic mass is 16.5. The van der Waals surface area contributed by atoms with Gasteiger partial charge < -0.3 is 10.1 Å². The SMILES string of the molecule is CCCNC(C)(Cn1nc(C)c(C)c1C)C(=O)OCC. The molecule has 0 fully saturated rings. The second-order valence-electron chi connectivity index (χ2n) is 5.43. The fraction of sp³-hybridized carbons (Fsp3) is 0.733. The number of ether oxygens (including phenoxy) is 1. The van der Waals surface area contributed by atoms with Gasteiger partial charge in [0.1, 0.15) is 5.54 Å². The van der Waals surface area contributed by atoms with Crippen molar-refractivity contribution in [1.29, 1.82) is 0 Å². The molecule has 0 saturated carbocycles. The van der Waals surface area contributed by atoms with Crippen LogP contribution in [0.3, 0.4) is 0 Å². The van der Waals surface area contributed by atoms with Gasteiger partial charge in [0.15, 0.2) is 0 Å². The van der Waals surface area contributed by atoms with Crippen LogP contribution in [0.15, 0.2) is 0 Å². The third kappa shape index (κ3) is 3.60. The molecule has 0 aromatic carbocycles. The normalized spacial score (nSPS) is 14.1. The molecule has 1 rings (SSSR count). The molecule has 20 heavy (non-hydrogen) atoms. The minimum atomic E-state index is -0.748. The van der Waals surface area contributed by atoms with Gasteiger partial charge in [-0.1, -0.05) is 6.92 Å². The Kier molecular flexibility index (Phi) is 5.74. The summed E-state index contributed by atoms with van der Waals surface area (Å²) >= 11 is 0. The number of hydrogen-bond donors (Lipinski definition) is 1. The highest BCUT2D eigenvalue weighted by Gasteiger charge is 2.35. The summed E-state index contributed by atoms with van der Waals surface area (Å²) < 4.78 is 7.10. The molecule has 1 unspecified atom stereocenters. The molecule has 1 atom stereocenters. The zero-order valence-corrected chi connectivity index (χ0v) is 13.5. The zero-order valence-electron chi connectivity index (χ0n) is 13.5. The van der Waals surface area contributed by atoms with E-state index in [9.17, 15) is 4.79 Å². The predicted molar refractivity (Wildman–Crippen MR) is 79.8 cm³/mol. The summed E-state index contributed by atoms with van der Waals surface area (Å²) in [4.78, 5) is 12.3. The van der Waals surface area contributed by atoms with Crippen LogP contribution in [-0.2, 0) is 16.1 Å². The van der Waals surface area contributed by atoms with E-state index >= 15 is 0 Å². The van der Waals surface area contributed by atoms with Gasteiger partial charge in [0.2, 0.25) is 0 Å². The number of carbonyl (C=O) groups is 1. The van der Waals surface area contributed by atoms with Crippen LogP contribution >= 0.6 is 0 Å². The lowest BCUT2D eigenvalue weighted by Gasteiger charge is -2.29. The summed E-state index contributed by atoms with van der Waals surface area (Å²) in [7, 11) is 0. The maximum atomic E-state index is 12.3. The third-order valence-electron chi connectivity index (χ3n) is 3.70. The van der Waals surface area contributed by atoms with E-state index in [4.69, 9.17) is 4.74 Å². The van der Waals surface area contributed by atoms with Crippen molar-refractivity contribution in [2.24, 2.45) is 0 Å². The standard InChI is InChI=1S/C15H27N3O2/c1-7-9-16-15(6,14(19)20-8-2)10-18-13(5)11(3)12(4)17-18/h16H,7-10H2,1-6H3. The quantitative estimate of drug-likeness (QED) is 0.778. The van der Waals surface area contributed by atoms with E-state index in [2.05, 4.69) is 24.3 Å². The molecular formula is C15H27N3O2. The van der Waals surface area contributed by atoms with Crippen LogP contribution in [-0.4, -0.2) is 34.4 Å². The van der Waals surface area contributed by atoms with Crippen molar-refractivity contribution in [3.05, 3.63) is 17.0 Å². The Morgan fingerprint density at radius 1 is 1.35 bits per heavy atom. The molecule has 1 aromatic rings. The van der Waals surface area contributed by atoms with E-state index in [0.717, 1.165) is 24.4 Å². The van der Waals surface area contributed by atoms with Gasteiger partial charge in [-0.3, -0.25) is 4.68 Å². The summed E-state index contributed by atoms with van der Waals surface area (Å²) in [5, 5.41) is 7.81. The first-order chi connectivity index (χ1) is 9.35. The monoisotopic (exact) mass is 281 g/mol. The minimum absolute atomic E-state index is 0.223. The molecule has 1 aromatic heterocycles. The number of rotatable bonds is 7. The molecular weight excluding hydrogens is 254 g/mol. The van der Waals surface area contributed by atoms with Crippen LogP contribution in [0.5, 0.6) is 0 Å². The Bertz CT molecular complexity index is 468. The summed E-state index contributed by atoms with van der Waals surface area (Å²) in [6.07, 6.45) is 0.963. The number of hydrogen-bond acceptors (Lipinski definition) is 4. The topological polar surface area (TPSA) is 56.2 Å². The van der Waals surface area contributed by atoms with Crippen molar-refractivity contribution in [3.8, 4) is 0 Å². The second kappa shape index (κ2) is 6.88. The largest absolute Gasteiger partial charge is 0.465 e. The average Bonchev–Trinajstić information content (AvgIpc) is 2.64. The van der Waals surface area contributed by atoms with Gasteiger partial charge in [-0.15, -0.1) is 0 Å². The fourth-order valence-electron chi connectivity index (χ4n) is 2.12. The van der Waals surface area contributed by atoms with Crippen LogP contribution < -0.4 is 5.32 Å². The van der Waals surface area contributed by atoms with Crippen LogP contribution in [0.2, 0.25) is 0 Å². The lowest BCUT2D eigenvalue weighted by molar-refractivity contribution is -0.151. The first-order valence-corrected chi connectivity index (χ1v) is 7.28. The molecule has 5 heteroatoms. The van der Waals surface area contributed by atoms with Gasteiger partial charge in [-0.2, -0.15) is 5.10 Å². The van der Waals surface area contributed by atoms with Crippen molar-refractivity contribution in [3.63, 3.8) is 0 Å². The number of nitrogens with zero attached hydrogens (tertiary/aromatic N) is 2. The van der Waals surface area contributed by atoms with Gasteiger partial charge in [0.25, 0.3) is 0 Å². The van der Waals surface area contributed by atoms with Crippen LogP contribution in [0.4, 0.5) is 0 Å². The average molecular weight is 281 g/mol. The fourth-order valence-corrected chi connectivity index (χ4v) is 2.12. The van der Waals surface area contributed by atoms with Gasteiger partial charge in [0.05, 0.1) is 18.8 Å². The Balaban J connectivity index is 2.99. The van der Waals surface area contributed by atoms with Crippen molar-refractivity contribution >= 4 is 5.97 Å². The number of esters is 1. The Hall–Kier alpha value is -1.36. The van der Waals surface area contributed by atoms with E-state index in [1.54, 1.807) is 0 Å². The highest BCUT2D eigenvalue weighted by molar-refractivity contribution is 5.80.